The number of ether oxygens (including phenoxy) is 1. The molecule has 0 fully saturated rings. The van der Waals surface area contributed by atoms with Gasteiger partial charge in [-0.1, -0.05) is 46.1 Å². The molecule has 0 amide bonds. The zero-order valence-electron chi connectivity index (χ0n) is 11.6. The van der Waals surface area contributed by atoms with E-state index in [2.05, 4.69) is 41.9 Å². The molecule has 0 N–H and O–H groups in total. The molecule has 1 aromatic carbocycles. The molecule has 0 atom stereocenters. The third kappa shape index (κ3) is 7.43. The van der Waals surface area contributed by atoms with Crippen LogP contribution in [0, 0.1) is 6.92 Å². The maximum absolute atomic E-state index is 5.72. The monoisotopic (exact) mass is 300 g/mol. The summed E-state index contributed by atoms with van der Waals surface area (Å²) in [5.41, 5.74) is 1.24. The van der Waals surface area contributed by atoms with Crippen molar-refractivity contribution in [1.82, 2.24) is 0 Å². The van der Waals surface area contributed by atoms with Crippen LogP contribution in [0.5, 0.6) is 5.75 Å². The van der Waals surface area contributed by atoms with Gasteiger partial charge in [0.25, 0.3) is 0 Å². The minimum Gasteiger partial charge on any atom is -0.492 e. The van der Waals surface area contributed by atoms with Gasteiger partial charge < -0.3 is 4.74 Å². The maximum atomic E-state index is 5.72. The minimum atomic E-state index is 0.821. The van der Waals surface area contributed by atoms with Crippen molar-refractivity contribution in [1.29, 1.82) is 0 Å². The summed E-state index contributed by atoms with van der Waals surface area (Å²) in [6, 6.07) is 6.19. The average molecular weight is 301 g/mol. The second-order valence-electron chi connectivity index (χ2n) is 3.84. The Morgan fingerprint density at radius 1 is 1.12 bits per heavy atom. The SMILES string of the molecule is CC.CCCCCCOc1cc(C)ccc1Br. The van der Waals surface area contributed by atoms with E-state index in [9.17, 15) is 0 Å². The lowest BCUT2D eigenvalue weighted by molar-refractivity contribution is 0.303. The van der Waals surface area contributed by atoms with Gasteiger partial charge >= 0.3 is 0 Å². The van der Waals surface area contributed by atoms with E-state index in [-0.39, 0.29) is 0 Å². The van der Waals surface area contributed by atoms with Gasteiger partial charge in [0, 0.05) is 0 Å². The number of unbranched alkanes of at least 4 members (excludes halogenated alkanes) is 3. The van der Waals surface area contributed by atoms with Crippen LogP contribution in [-0.4, -0.2) is 6.61 Å². The zero-order valence-corrected chi connectivity index (χ0v) is 13.1. The highest BCUT2D eigenvalue weighted by atomic mass is 79.9. The third-order valence-corrected chi connectivity index (χ3v) is 3.00. The molecule has 0 radical (unpaired) electrons. The van der Waals surface area contributed by atoms with Crippen LogP contribution in [0.4, 0.5) is 0 Å². The Bertz CT molecular complexity index is 297. The van der Waals surface area contributed by atoms with Crippen molar-refractivity contribution in [2.24, 2.45) is 0 Å². The molecule has 0 saturated heterocycles. The molecule has 1 rings (SSSR count). The van der Waals surface area contributed by atoms with Crippen LogP contribution >= 0.6 is 15.9 Å². The van der Waals surface area contributed by atoms with Crippen LogP contribution < -0.4 is 4.74 Å². The average Bonchev–Trinajstić information content (AvgIpc) is 2.36. The summed E-state index contributed by atoms with van der Waals surface area (Å²) in [6.45, 7) is 9.12. The summed E-state index contributed by atoms with van der Waals surface area (Å²) in [5, 5.41) is 0. The predicted molar refractivity (Wildman–Crippen MR) is 79.9 cm³/mol. The van der Waals surface area contributed by atoms with Gasteiger partial charge in [0.2, 0.25) is 0 Å². The summed E-state index contributed by atoms with van der Waals surface area (Å²) in [6.07, 6.45) is 4.99. The van der Waals surface area contributed by atoms with Crippen LogP contribution in [0.1, 0.15) is 52.0 Å². The lowest BCUT2D eigenvalue weighted by Gasteiger charge is -2.08. The fourth-order valence-corrected chi connectivity index (χ4v) is 1.79. The second-order valence-corrected chi connectivity index (χ2v) is 4.70. The van der Waals surface area contributed by atoms with Crippen molar-refractivity contribution in [2.45, 2.75) is 53.4 Å². The van der Waals surface area contributed by atoms with Crippen LogP contribution in [0.15, 0.2) is 22.7 Å². The first-order chi connectivity index (χ1) is 8.24. The summed E-state index contributed by atoms with van der Waals surface area (Å²) < 4.78 is 6.76. The van der Waals surface area contributed by atoms with Crippen molar-refractivity contribution in [3.63, 3.8) is 0 Å². The number of rotatable bonds is 6. The maximum Gasteiger partial charge on any atom is 0.133 e. The highest BCUT2D eigenvalue weighted by Crippen LogP contribution is 2.25. The lowest BCUT2D eigenvalue weighted by Crippen LogP contribution is -1.98. The fourth-order valence-electron chi connectivity index (χ4n) is 1.43. The van der Waals surface area contributed by atoms with E-state index in [0.717, 1.165) is 23.2 Å². The molecule has 98 valence electrons. The van der Waals surface area contributed by atoms with Gasteiger partial charge in [-0.15, -0.1) is 0 Å². The first-order valence-corrected chi connectivity index (χ1v) is 7.42. The third-order valence-electron chi connectivity index (χ3n) is 2.34. The molecular formula is C15H25BrO. The van der Waals surface area contributed by atoms with Crippen molar-refractivity contribution in [2.75, 3.05) is 6.61 Å². The molecule has 1 aromatic rings. The smallest absolute Gasteiger partial charge is 0.133 e. The van der Waals surface area contributed by atoms with E-state index in [4.69, 9.17) is 4.74 Å². The molecule has 0 aromatic heterocycles. The largest absolute Gasteiger partial charge is 0.492 e. The highest BCUT2D eigenvalue weighted by molar-refractivity contribution is 9.10. The molecule has 0 aliphatic heterocycles. The van der Waals surface area contributed by atoms with Crippen molar-refractivity contribution in [3.05, 3.63) is 28.2 Å². The predicted octanol–water partition coefficient (Wildman–Crippen LogP) is 5.74. The molecular weight excluding hydrogens is 276 g/mol. The summed E-state index contributed by atoms with van der Waals surface area (Å²) in [4.78, 5) is 0. The number of halogens is 1. The van der Waals surface area contributed by atoms with Gasteiger partial charge in [0.1, 0.15) is 5.75 Å². The van der Waals surface area contributed by atoms with Crippen LogP contribution in [-0.2, 0) is 0 Å². The molecule has 0 aliphatic carbocycles. The Morgan fingerprint density at radius 2 is 1.82 bits per heavy atom. The first-order valence-electron chi connectivity index (χ1n) is 6.63. The van der Waals surface area contributed by atoms with E-state index in [1.807, 2.05) is 19.9 Å². The van der Waals surface area contributed by atoms with Crippen molar-refractivity contribution < 1.29 is 4.74 Å². The second kappa shape index (κ2) is 10.6. The standard InChI is InChI=1S/C13H19BrO.C2H6/c1-3-4-5-6-9-15-13-10-11(2)7-8-12(13)14;1-2/h7-8,10H,3-6,9H2,1-2H3;1-2H3. The topological polar surface area (TPSA) is 9.23 Å². The van der Waals surface area contributed by atoms with E-state index in [1.54, 1.807) is 0 Å². The number of hydrogen-bond acceptors (Lipinski definition) is 1. The Kier molecular flexibility index (Phi) is 10.3. The molecule has 0 spiro atoms. The number of benzene rings is 1. The fraction of sp³-hybridized carbons (Fsp3) is 0.600. The molecule has 1 nitrogen and oxygen atoms in total. The first kappa shape index (κ1) is 16.5. The van der Waals surface area contributed by atoms with Gasteiger partial charge in [-0.05, 0) is 47.0 Å². The summed E-state index contributed by atoms with van der Waals surface area (Å²) in [5.74, 6) is 0.964. The van der Waals surface area contributed by atoms with E-state index < -0.39 is 0 Å². The highest BCUT2D eigenvalue weighted by Gasteiger charge is 2.00. The molecule has 2 heteroatoms. The minimum absolute atomic E-state index is 0.821. The van der Waals surface area contributed by atoms with Gasteiger partial charge in [0.05, 0.1) is 11.1 Å². The van der Waals surface area contributed by atoms with Crippen molar-refractivity contribution in [3.8, 4) is 5.75 Å². The Hall–Kier alpha value is -0.500. The van der Waals surface area contributed by atoms with Gasteiger partial charge in [-0.25, -0.2) is 0 Å². The van der Waals surface area contributed by atoms with Gasteiger partial charge in [-0.2, -0.15) is 0 Å². The summed E-state index contributed by atoms with van der Waals surface area (Å²) in [7, 11) is 0. The Labute approximate surface area is 115 Å². The molecule has 0 unspecified atom stereocenters. The van der Waals surface area contributed by atoms with Gasteiger partial charge in [0.15, 0.2) is 0 Å². The normalized spacial score (nSPS) is 9.47. The van der Waals surface area contributed by atoms with Crippen LogP contribution in [0.2, 0.25) is 0 Å². The lowest BCUT2D eigenvalue weighted by atomic mass is 10.2. The Balaban J connectivity index is 0.00000121. The number of aryl methyl sites for hydroxylation is 1. The number of hydrogen-bond donors (Lipinski definition) is 0. The quantitative estimate of drug-likeness (QED) is 0.608. The van der Waals surface area contributed by atoms with E-state index >= 15 is 0 Å². The Morgan fingerprint density at radius 3 is 2.47 bits per heavy atom. The van der Waals surface area contributed by atoms with Crippen molar-refractivity contribution >= 4 is 15.9 Å². The molecule has 17 heavy (non-hydrogen) atoms. The molecule has 0 aliphatic rings. The summed E-state index contributed by atoms with van der Waals surface area (Å²) >= 11 is 3.49. The molecule has 0 bridgehead atoms. The zero-order chi connectivity index (χ0) is 13.1. The van der Waals surface area contributed by atoms with Gasteiger partial charge in [-0.3, -0.25) is 0 Å². The van der Waals surface area contributed by atoms with Crippen LogP contribution in [0.25, 0.3) is 0 Å². The van der Waals surface area contributed by atoms with E-state index in [1.165, 1.54) is 24.8 Å². The van der Waals surface area contributed by atoms with E-state index in [0.29, 0.717) is 0 Å². The molecule has 0 heterocycles. The molecule has 0 saturated carbocycles. The van der Waals surface area contributed by atoms with Crippen LogP contribution in [0.3, 0.4) is 0 Å².